The molecule has 0 aromatic carbocycles. The maximum atomic E-state index is 11.6. The molecule has 0 fully saturated rings. The smallest absolute Gasteiger partial charge is 0.254 e. The van der Waals surface area contributed by atoms with E-state index in [2.05, 4.69) is 4.98 Å². The summed E-state index contributed by atoms with van der Waals surface area (Å²) >= 11 is 1.28. The summed E-state index contributed by atoms with van der Waals surface area (Å²) in [5.41, 5.74) is 0.495. The topological polar surface area (TPSA) is 67.3 Å². The quantitative estimate of drug-likeness (QED) is 0.608. The second-order valence-corrected chi connectivity index (χ2v) is 7.69. The van der Waals surface area contributed by atoms with E-state index in [1.165, 1.54) is 22.9 Å². The van der Waals surface area contributed by atoms with Gasteiger partial charge in [-0.05, 0) is 12.1 Å². The number of carbonyl (C=O) groups is 1. The van der Waals surface area contributed by atoms with Crippen LogP contribution >= 0.6 is 22.4 Å². The number of pyridine rings is 1. The van der Waals surface area contributed by atoms with Gasteiger partial charge in [0.05, 0.1) is 16.3 Å². The van der Waals surface area contributed by atoms with E-state index in [9.17, 15) is 13.2 Å². The first-order valence-corrected chi connectivity index (χ1v) is 8.49. The van der Waals surface area contributed by atoms with Crippen molar-refractivity contribution in [2.24, 2.45) is 0 Å². The van der Waals surface area contributed by atoms with Crippen LogP contribution in [0.2, 0.25) is 0 Å². The average molecular weight is 309 g/mol. The Morgan fingerprint density at radius 3 is 2.56 bits per heavy atom. The SMILES string of the molecule is CN(C)C(=O)c1ccc(SCCS(=O)(=O)Cl)nc1. The van der Waals surface area contributed by atoms with Crippen molar-refractivity contribution in [1.29, 1.82) is 0 Å². The standard InChI is InChI=1S/C10H13ClN2O3S2/c1-13(2)10(14)8-3-4-9(12-7-8)17-5-6-18(11,15)16/h3-4,7H,5-6H2,1-2H3. The number of rotatable bonds is 5. The lowest BCUT2D eigenvalue weighted by Gasteiger charge is -2.09. The largest absolute Gasteiger partial charge is 0.345 e. The van der Waals surface area contributed by atoms with Gasteiger partial charge < -0.3 is 4.90 Å². The predicted octanol–water partition coefficient (Wildman–Crippen LogP) is 1.44. The Balaban J connectivity index is 2.58. The summed E-state index contributed by atoms with van der Waals surface area (Å²) in [5, 5.41) is 0.658. The second-order valence-electron chi connectivity index (χ2n) is 3.68. The number of thioether (sulfide) groups is 1. The zero-order valence-corrected chi connectivity index (χ0v) is 12.3. The number of amides is 1. The van der Waals surface area contributed by atoms with Gasteiger partial charge in [-0.3, -0.25) is 4.79 Å². The molecule has 0 N–H and O–H groups in total. The first-order valence-electron chi connectivity index (χ1n) is 5.02. The Hall–Kier alpha value is -0.790. The van der Waals surface area contributed by atoms with Gasteiger partial charge >= 0.3 is 0 Å². The maximum absolute atomic E-state index is 11.6. The highest BCUT2D eigenvalue weighted by atomic mass is 35.7. The molecule has 8 heteroatoms. The molecule has 1 heterocycles. The van der Waals surface area contributed by atoms with Crippen molar-refractivity contribution in [1.82, 2.24) is 9.88 Å². The zero-order chi connectivity index (χ0) is 13.8. The number of aromatic nitrogens is 1. The van der Waals surface area contributed by atoms with Crippen LogP contribution in [0.1, 0.15) is 10.4 Å². The number of hydrogen-bond donors (Lipinski definition) is 0. The van der Waals surface area contributed by atoms with E-state index in [0.29, 0.717) is 16.3 Å². The zero-order valence-electron chi connectivity index (χ0n) is 9.96. The van der Waals surface area contributed by atoms with Gasteiger partial charge in [0.1, 0.15) is 0 Å². The summed E-state index contributed by atoms with van der Waals surface area (Å²) in [6.07, 6.45) is 1.47. The summed E-state index contributed by atoms with van der Waals surface area (Å²) < 4.78 is 21.4. The molecule has 1 rings (SSSR count). The Bertz CT molecular complexity index is 514. The molecule has 5 nitrogen and oxygen atoms in total. The van der Waals surface area contributed by atoms with Gasteiger partial charge in [0.25, 0.3) is 5.91 Å². The molecule has 1 aromatic heterocycles. The molecule has 0 aliphatic carbocycles. The van der Waals surface area contributed by atoms with Crippen molar-refractivity contribution in [3.8, 4) is 0 Å². The highest BCUT2D eigenvalue weighted by molar-refractivity contribution is 8.14. The molecule has 1 aromatic rings. The molecule has 0 aliphatic rings. The van der Waals surface area contributed by atoms with Gasteiger partial charge in [-0.1, -0.05) is 0 Å². The second kappa shape index (κ2) is 6.40. The van der Waals surface area contributed by atoms with Crippen molar-refractivity contribution >= 4 is 37.4 Å². The molecule has 0 saturated carbocycles. The van der Waals surface area contributed by atoms with Crippen molar-refractivity contribution in [3.05, 3.63) is 23.9 Å². The third-order valence-electron chi connectivity index (χ3n) is 1.97. The van der Waals surface area contributed by atoms with Crippen molar-refractivity contribution in [2.75, 3.05) is 25.6 Å². The van der Waals surface area contributed by atoms with Crippen LogP contribution in [0.15, 0.2) is 23.4 Å². The Morgan fingerprint density at radius 2 is 2.11 bits per heavy atom. The van der Waals surface area contributed by atoms with E-state index in [4.69, 9.17) is 10.7 Å². The monoisotopic (exact) mass is 308 g/mol. The minimum Gasteiger partial charge on any atom is -0.345 e. The molecule has 18 heavy (non-hydrogen) atoms. The summed E-state index contributed by atoms with van der Waals surface area (Å²) in [6, 6.07) is 3.34. The van der Waals surface area contributed by atoms with E-state index < -0.39 is 9.05 Å². The summed E-state index contributed by atoms with van der Waals surface area (Å²) in [4.78, 5) is 17.1. The maximum Gasteiger partial charge on any atom is 0.254 e. The predicted molar refractivity (Wildman–Crippen MR) is 72.6 cm³/mol. The first-order chi connectivity index (χ1) is 8.29. The van der Waals surface area contributed by atoms with Crippen LogP contribution in [0.4, 0.5) is 0 Å². The van der Waals surface area contributed by atoms with Crippen LogP contribution in [-0.2, 0) is 9.05 Å². The number of carbonyl (C=O) groups excluding carboxylic acids is 1. The molecular weight excluding hydrogens is 296 g/mol. The first kappa shape index (κ1) is 15.3. The molecule has 0 aliphatic heterocycles. The summed E-state index contributed by atoms with van der Waals surface area (Å²) in [5.74, 6) is 0.0985. The molecule has 0 spiro atoms. The van der Waals surface area contributed by atoms with Crippen LogP contribution in [0.25, 0.3) is 0 Å². The van der Waals surface area contributed by atoms with Gasteiger partial charge in [0.2, 0.25) is 9.05 Å². The highest BCUT2D eigenvalue weighted by Gasteiger charge is 2.09. The molecule has 0 bridgehead atoms. The average Bonchev–Trinajstić information content (AvgIpc) is 2.27. The van der Waals surface area contributed by atoms with Crippen LogP contribution in [0, 0.1) is 0 Å². The number of halogens is 1. The fourth-order valence-corrected chi connectivity index (χ4v) is 3.29. The van der Waals surface area contributed by atoms with Crippen LogP contribution in [0.5, 0.6) is 0 Å². The van der Waals surface area contributed by atoms with Gasteiger partial charge in [0.15, 0.2) is 0 Å². The van der Waals surface area contributed by atoms with Gasteiger partial charge in [-0.25, -0.2) is 13.4 Å². The van der Waals surface area contributed by atoms with Crippen LogP contribution in [-0.4, -0.2) is 49.8 Å². The minimum absolute atomic E-state index is 0.112. The summed E-state index contributed by atoms with van der Waals surface area (Å²) in [6.45, 7) is 0. The molecule has 0 unspecified atom stereocenters. The molecule has 0 radical (unpaired) electrons. The molecule has 100 valence electrons. The van der Waals surface area contributed by atoms with Gasteiger partial charge in [-0.2, -0.15) is 0 Å². The Morgan fingerprint density at radius 1 is 1.44 bits per heavy atom. The van der Waals surface area contributed by atoms with E-state index in [1.807, 2.05) is 0 Å². The van der Waals surface area contributed by atoms with Gasteiger partial charge in [-0.15, -0.1) is 11.8 Å². The molecule has 0 saturated heterocycles. The van der Waals surface area contributed by atoms with Gasteiger partial charge in [0, 0.05) is 36.7 Å². The van der Waals surface area contributed by atoms with E-state index in [-0.39, 0.29) is 11.7 Å². The molecular formula is C10H13ClN2O3S2. The van der Waals surface area contributed by atoms with Crippen LogP contribution in [0.3, 0.4) is 0 Å². The number of hydrogen-bond acceptors (Lipinski definition) is 5. The number of nitrogens with zero attached hydrogens (tertiary/aromatic N) is 2. The lowest BCUT2D eigenvalue weighted by Crippen LogP contribution is -2.21. The lowest BCUT2D eigenvalue weighted by molar-refractivity contribution is 0.0827. The molecule has 1 amide bonds. The minimum atomic E-state index is -3.46. The third-order valence-corrected chi connectivity index (χ3v) is 4.33. The fraction of sp³-hybridized carbons (Fsp3) is 0.400. The van der Waals surface area contributed by atoms with Crippen LogP contribution < -0.4 is 0 Å². The van der Waals surface area contributed by atoms with Crippen molar-refractivity contribution in [3.63, 3.8) is 0 Å². The van der Waals surface area contributed by atoms with E-state index in [1.54, 1.807) is 26.2 Å². The van der Waals surface area contributed by atoms with Crippen molar-refractivity contribution in [2.45, 2.75) is 5.03 Å². The summed E-state index contributed by atoms with van der Waals surface area (Å²) in [7, 11) is 4.95. The van der Waals surface area contributed by atoms with E-state index in [0.717, 1.165) is 0 Å². The normalized spacial score (nSPS) is 11.3. The third kappa shape index (κ3) is 5.24. The Labute approximate surface area is 115 Å². The fourth-order valence-electron chi connectivity index (χ4n) is 1.10. The van der Waals surface area contributed by atoms with E-state index >= 15 is 0 Å². The Kier molecular flexibility index (Phi) is 5.43. The lowest BCUT2D eigenvalue weighted by atomic mass is 10.2. The van der Waals surface area contributed by atoms with Crippen molar-refractivity contribution < 1.29 is 13.2 Å². The highest BCUT2D eigenvalue weighted by Crippen LogP contribution is 2.16. The molecule has 0 atom stereocenters.